The van der Waals surface area contributed by atoms with E-state index in [1.165, 1.54) is 0 Å². The average molecular weight is 375 g/mol. The van der Waals surface area contributed by atoms with Gasteiger partial charge in [0.25, 0.3) is 5.91 Å². The molecule has 0 spiro atoms. The standard InChI is InChI=1S/C23H25N3O2/c1-4-26(19-10-6-5-7-11-19)22-16-18(14-15-24-22)23(27)25-20-12-8-9-13-21(20)28-17(2)3/h5-17H,4H2,1-3H3,(H,25,27). The van der Waals surface area contributed by atoms with Crippen LogP contribution >= 0.6 is 0 Å². The molecular formula is C23H25N3O2. The third-order valence-corrected chi connectivity index (χ3v) is 4.17. The average Bonchev–Trinajstić information content (AvgIpc) is 2.71. The maximum atomic E-state index is 12.8. The Bertz CT molecular complexity index is 926. The van der Waals surface area contributed by atoms with E-state index in [1.807, 2.05) is 68.4 Å². The Morgan fingerprint density at radius 3 is 2.50 bits per heavy atom. The molecule has 0 atom stereocenters. The highest BCUT2D eigenvalue weighted by atomic mass is 16.5. The summed E-state index contributed by atoms with van der Waals surface area (Å²) in [6.45, 7) is 6.71. The van der Waals surface area contributed by atoms with Crippen molar-refractivity contribution in [2.24, 2.45) is 0 Å². The lowest BCUT2D eigenvalue weighted by molar-refractivity contribution is 0.102. The number of ether oxygens (including phenoxy) is 1. The summed E-state index contributed by atoms with van der Waals surface area (Å²) >= 11 is 0. The molecule has 0 unspecified atom stereocenters. The minimum absolute atomic E-state index is 0.0227. The third kappa shape index (κ3) is 4.68. The van der Waals surface area contributed by atoms with E-state index in [2.05, 4.69) is 22.1 Å². The van der Waals surface area contributed by atoms with Crippen LogP contribution in [0.1, 0.15) is 31.1 Å². The van der Waals surface area contributed by atoms with E-state index in [4.69, 9.17) is 4.74 Å². The van der Waals surface area contributed by atoms with Crippen LogP contribution in [0, 0.1) is 0 Å². The molecule has 0 radical (unpaired) electrons. The van der Waals surface area contributed by atoms with Crippen molar-refractivity contribution in [1.29, 1.82) is 0 Å². The van der Waals surface area contributed by atoms with Crippen molar-refractivity contribution in [3.8, 4) is 5.75 Å². The summed E-state index contributed by atoms with van der Waals surface area (Å²) in [6, 6.07) is 21.0. The molecule has 0 saturated heterocycles. The lowest BCUT2D eigenvalue weighted by atomic mass is 10.2. The molecule has 2 aromatic carbocycles. The molecule has 1 aromatic heterocycles. The summed E-state index contributed by atoms with van der Waals surface area (Å²) in [7, 11) is 0. The van der Waals surface area contributed by atoms with Crippen LogP contribution in [0.25, 0.3) is 0 Å². The second kappa shape index (κ2) is 9.04. The Hall–Kier alpha value is -3.34. The number of carbonyl (C=O) groups excluding carboxylic acids is 1. The normalized spacial score (nSPS) is 10.6. The van der Waals surface area contributed by atoms with Gasteiger partial charge < -0.3 is 15.0 Å². The number of benzene rings is 2. The highest BCUT2D eigenvalue weighted by molar-refractivity contribution is 6.05. The van der Waals surface area contributed by atoms with E-state index in [0.29, 0.717) is 17.0 Å². The summed E-state index contributed by atoms with van der Waals surface area (Å²) in [5, 5.41) is 2.95. The Balaban J connectivity index is 1.83. The van der Waals surface area contributed by atoms with Gasteiger partial charge in [-0.25, -0.2) is 4.98 Å². The molecule has 5 heteroatoms. The molecule has 0 aliphatic heterocycles. The second-order valence-corrected chi connectivity index (χ2v) is 6.60. The molecule has 1 N–H and O–H groups in total. The number of para-hydroxylation sites is 3. The Labute approximate surface area is 166 Å². The number of aromatic nitrogens is 1. The van der Waals surface area contributed by atoms with Crippen molar-refractivity contribution in [1.82, 2.24) is 4.98 Å². The molecule has 5 nitrogen and oxygen atoms in total. The number of pyridine rings is 1. The molecule has 0 aliphatic carbocycles. The molecule has 1 amide bonds. The van der Waals surface area contributed by atoms with Gasteiger partial charge >= 0.3 is 0 Å². The number of amides is 1. The highest BCUT2D eigenvalue weighted by Gasteiger charge is 2.14. The summed E-state index contributed by atoms with van der Waals surface area (Å²) in [6.07, 6.45) is 1.68. The fourth-order valence-corrected chi connectivity index (χ4v) is 2.91. The minimum Gasteiger partial charge on any atom is -0.489 e. The van der Waals surface area contributed by atoms with Crippen LogP contribution in [0.5, 0.6) is 5.75 Å². The maximum Gasteiger partial charge on any atom is 0.255 e. The summed E-state index contributed by atoms with van der Waals surface area (Å²) in [5.74, 6) is 1.18. The van der Waals surface area contributed by atoms with Gasteiger partial charge in [-0.15, -0.1) is 0 Å². The van der Waals surface area contributed by atoms with Crippen LogP contribution in [0.3, 0.4) is 0 Å². The van der Waals surface area contributed by atoms with Gasteiger partial charge in [0.05, 0.1) is 11.8 Å². The van der Waals surface area contributed by atoms with Crippen LogP contribution in [-0.4, -0.2) is 23.5 Å². The topological polar surface area (TPSA) is 54.5 Å². The zero-order valence-electron chi connectivity index (χ0n) is 16.4. The van der Waals surface area contributed by atoms with Gasteiger partial charge in [-0.1, -0.05) is 30.3 Å². The van der Waals surface area contributed by atoms with Crippen molar-refractivity contribution in [2.45, 2.75) is 26.9 Å². The minimum atomic E-state index is -0.201. The molecule has 0 saturated carbocycles. The fourth-order valence-electron chi connectivity index (χ4n) is 2.91. The van der Waals surface area contributed by atoms with Gasteiger partial charge in [-0.3, -0.25) is 4.79 Å². The second-order valence-electron chi connectivity index (χ2n) is 6.60. The van der Waals surface area contributed by atoms with E-state index in [1.54, 1.807) is 18.3 Å². The van der Waals surface area contributed by atoms with E-state index in [0.717, 1.165) is 18.1 Å². The molecular weight excluding hydrogens is 350 g/mol. The van der Waals surface area contributed by atoms with Crippen molar-refractivity contribution in [2.75, 3.05) is 16.8 Å². The van der Waals surface area contributed by atoms with E-state index >= 15 is 0 Å². The summed E-state index contributed by atoms with van der Waals surface area (Å²) in [5.41, 5.74) is 2.22. The maximum absolute atomic E-state index is 12.8. The predicted molar refractivity (Wildman–Crippen MR) is 114 cm³/mol. The van der Waals surface area contributed by atoms with Crippen LogP contribution in [-0.2, 0) is 0 Å². The molecule has 144 valence electrons. The first-order valence-corrected chi connectivity index (χ1v) is 9.44. The number of rotatable bonds is 7. The van der Waals surface area contributed by atoms with Crippen molar-refractivity contribution < 1.29 is 9.53 Å². The van der Waals surface area contributed by atoms with Crippen LogP contribution in [0.4, 0.5) is 17.2 Å². The van der Waals surface area contributed by atoms with Gasteiger partial charge in [0, 0.05) is 24.0 Å². The lowest BCUT2D eigenvalue weighted by Gasteiger charge is -2.22. The van der Waals surface area contributed by atoms with Gasteiger partial charge in [-0.2, -0.15) is 0 Å². The number of hydrogen-bond donors (Lipinski definition) is 1. The van der Waals surface area contributed by atoms with Gasteiger partial charge in [0.1, 0.15) is 11.6 Å². The SMILES string of the molecule is CCN(c1ccccc1)c1cc(C(=O)Nc2ccccc2OC(C)C)ccn1. The number of nitrogens with zero attached hydrogens (tertiary/aromatic N) is 2. The Kier molecular flexibility index (Phi) is 6.27. The predicted octanol–water partition coefficient (Wildman–Crippen LogP) is 5.28. The zero-order chi connectivity index (χ0) is 19.9. The monoisotopic (exact) mass is 375 g/mol. The summed E-state index contributed by atoms with van der Waals surface area (Å²) < 4.78 is 5.78. The van der Waals surface area contributed by atoms with E-state index in [-0.39, 0.29) is 12.0 Å². The van der Waals surface area contributed by atoms with Crippen LogP contribution in [0.15, 0.2) is 72.9 Å². The first-order chi connectivity index (χ1) is 13.6. The number of anilines is 3. The molecule has 0 aliphatic rings. The first kappa shape index (κ1) is 19.4. The quantitative estimate of drug-likeness (QED) is 0.610. The van der Waals surface area contributed by atoms with Crippen molar-refractivity contribution in [3.05, 3.63) is 78.5 Å². The van der Waals surface area contributed by atoms with Crippen LogP contribution in [0.2, 0.25) is 0 Å². The molecule has 1 heterocycles. The van der Waals surface area contributed by atoms with Gasteiger partial charge in [-0.05, 0) is 57.2 Å². The Morgan fingerprint density at radius 1 is 1.07 bits per heavy atom. The largest absolute Gasteiger partial charge is 0.489 e. The number of hydrogen-bond acceptors (Lipinski definition) is 4. The number of carbonyl (C=O) groups is 1. The first-order valence-electron chi connectivity index (χ1n) is 9.44. The van der Waals surface area contributed by atoms with Gasteiger partial charge in [0.15, 0.2) is 0 Å². The number of nitrogens with one attached hydrogen (secondary N) is 1. The molecule has 0 bridgehead atoms. The van der Waals surface area contributed by atoms with Crippen molar-refractivity contribution >= 4 is 23.1 Å². The molecule has 3 aromatic rings. The van der Waals surface area contributed by atoms with E-state index < -0.39 is 0 Å². The van der Waals surface area contributed by atoms with Crippen molar-refractivity contribution in [3.63, 3.8) is 0 Å². The highest BCUT2D eigenvalue weighted by Crippen LogP contribution is 2.27. The van der Waals surface area contributed by atoms with Gasteiger partial charge in [0.2, 0.25) is 0 Å². The smallest absolute Gasteiger partial charge is 0.255 e. The Morgan fingerprint density at radius 2 is 1.79 bits per heavy atom. The van der Waals surface area contributed by atoms with E-state index in [9.17, 15) is 4.79 Å². The third-order valence-electron chi connectivity index (χ3n) is 4.17. The van der Waals surface area contributed by atoms with Crippen LogP contribution < -0.4 is 15.0 Å². The lowest BCUT2D eigenvalue weighted by Crippen LogP contribution is -2.19. The molecule has 3 rings (SSSR count). The molecule has 0 fully saturated rings. The zero-order valence-corrected chi connectivity index (χ0v) is 16.4. The fraction of sp³-hybridized carbons (Fsp3) is 0.217. The molecule has 28 heavy (non-hydrogen) atoms. The summed E-state index contributed by atoms with van der Waals surface area (Å²) in [4.78, 5) is 19.4.